The zero-order valence-electron chi connectivity index (χ0n) is 12.6. The smallest absolute Gasteiger partial charge is 0.236 e. The molecule has 1 aromatic rings. The minimum absolute atomic E-state index is 0. The molecule has 0 radical (unpaired) electrons. The minimum atomic E-state index is 0. The van der Waals surface area contributed by atoms with Crippen molar-refractivity contribution in [3.63, 3.8) is 0 Å². The molecule has 1 aliphatic carbocycles. The average Bonchev–Trinajstić information content (AvgIpc) is 3.32. The summed E-state index contributed by atoms with van der Waals surface area (Å²) in [5.74, 6) is 2.06. The van der Waals surface area contributed by atoms with Gasteiger partial charge in [0.1, 0.15) is 5.82 Å². The van der Waals surface area contributed by atoms with Crippen molar-refractivity contribution in [1.82, 2.24) is 15.2 Å². The Labute approximate surface area is 144 Å². The molecule has 0 atom stereocenters. The first-order valence-electron chi connectivity index (χ1n) is 7.47. The van der Waals surface area contributed by atoms with E-state index < -0.39 is 0 Å². The van der Waals surface area contributed by atoms with Gasteiger partial charge in [0.25, 0.3) is 0 Å². The number of halogens is 2. The lowest BCUT2D eigenvalue weighted by atomic mass is 10.3. The van der Waals surface area contributed by atoms with Gasteiger partial charge in [-0.2, -0.15) is 0 Å². The summed E-state index contributed by atoms with van der Waals surface area (Å²) in [5, 5.41) is 3.27. The lowest BCUT2D eigenvalue weighted by molar-refractivity contribution is -0.130. The Kier molecular flexibility index (Phi) is 7.93. The van der Waals surface area contributed by atoms with Crippen LogP contribution in [0.5, 0.6) is 0 Å². The van der Waals surface area contributed by atoms with Gasteiger partial charge in [-0.1, -0.05) is 6.07 Å². The van der Waals surface area contributed by atoms with E-state index in [0.717, 1.165) is 44.5 Å². The van der Waals surface area contributed by atoms with Crippen molar-refractivity contribution in [3.8, 4) is 0 Å². The fourth-order valence-corrected chi connectivity index (χ4v) is 2.54. The molecule has 1 aliphatic heterocycles. The Balaban J connectivity index is 0.00000121. The highest BCUT2D eigenvalue weighted by molar-refractivity contribution is 5.85. The molecular weight excluding hydrogens is 323 g/mol. The molecule has 2 aliphatic rings. The lowest BCUT2D eigenvalue weighted by Gasteiger charge is -2.35. The van der Waals surface area contributed by atoms with Gasteiger partial charge in [0, 0.05) is 32.4 Å². The molecule has 0 bridgehead atoms. The predicted molar refractivity (Wildman–Crippen MR) is 93.1 cm³/mol. The first-order chi connectivity index (χ1) is 9.83. The molecule has 124 valence electrons. The van der Waals surface area contributed by atoms with E-state index in [9.17, 15) is 4.79 Å². The molecule has 5 nitrogen and oxygen atoms in total. The van der Waals surface area contributed by atoms with Gasteiger partial charge >= 0.3 is 0 Å². The zero-order valence-corrected chi connectivity index (χ0v) is 14.2. The molecule has 1 amide bonds. The highest BCUT2D eigenvalue weighted by atomic mass is 35.5. The molecule has 2 heterocycles. The van der Waals surface area contributed by atoms with Crippen LogP contribution < -0.4 is 10.2 Å². The van der Waals surface area contributed by atoms with Gasteiger partial charge in [0.15, 0.2) is 0 Å². The molecule has 0 spiro atoms. The molecule has 22 heavy (non-hydrogen) atoms. The Morgan fingerprint density at radius 2 is 1.91 bits per heavy atom. The number of hydrogen-bond acceptors (Lipinski definition) is 4. The summed E-state index contributed by atoms with van der Waals surface area (Å²) in [6, 6.07) is 5.95. The minimum Gasteiger partial charge on any atom is -0.353 e. The average molecular weight is 347 g/mol. The Morgan fingerprint density at radius 1 is 1.18 bits per heavy atom. The van der Waals surface area contributed by atoms with E-state index in [1.807, 2.05) is 29.3 Å². The summed E-state index contributed by atoms with van der Waals surface area (Å²) >= 11 is 0. The van der Waals surface area contributed by atoms with Gasteiger partial charge in [0.05, 0.1) is 6.54 Å². The Morgan fingerprint density at radius 3 is 2.50 bits per heavy atom. The van der Waals surface area contributed by atoms with Crippen LogP contribution in [-0.4, -0.2) is 55.1 Å². The normalized spacial score (nSPS) is 17.5. The Bertz CT molecular complexity index is 448. The fraction of sp³-hybridized carbons (Fsp3) is 0.600. The quantitative estimate of drug-likeness (QED) is 0.879. The van der Waals surface area contributed by atoms with Crippen molar-refractivity contribution in [1.29, 1.82) is 0 Å². The van der Waals surface area contributed by atoms with Crippen LogP contribution in [0.2, 0.25) is 0 Å². The third kappa shape index (κ3) is 5.30. The maximum absolute atomic E-state index is 12.1. The van der Waals surface area contributed by atoms with E-state index in [0.29, 0.717) is 6.54 Å². The second kappa shape index (κ2) is 9.18. The summed E-state index contributed by atoms with van der Waals surface area (Å²) in [6.07, 6.45) is 4.46. The van der Waals surface area contributed by atoms with Crippen LogP contribution in [0, 0.1) is 5.92 Å². The molecule has 3 rings (SSSR count). The molecule has 1 N–H and O–H groups in total. The van der Waals surface area contributed by atoms with Gasteiger partial charge in [-0.15, -0.1) is 24.8 Å². The van der Waals surface area contributed by atoms with E-state index >= 15 is 0 Å². The van der Waals surface area contributed by atoms with Crippen LogP contribution in [0.25, 0.3) is 0 Å². The third-order valence-electron chi connectivity index (χ3n) is 4.01. The molecular formula is C15H24Cl2N4O. The van der Waals surface area contributed by atoms with Crippen LogP contribution in [0.1, 0.15) is 12.8 Å². The molecule has 1 saturated carbocycles. The number of anilines is 1. The zero-order chi connectivity index (χ0) is 13.8. The number of amides is 1. The van der Waals surface area contributed by atoms with Gasteiger partial charge in [-0.25, -0.2) is 4.98 Å². The lowest BCUT2D eigenvalue weighted by Crippen LogP contribution is -2.51. The van der Waals surface area contributed by atoms with Crippen molar-refractivity contribution in [2.75, 3.05) is 44.2 Å². The first kappa shape index (κ1) is 19.0. The fourth-order valence-electron chi connectivity index (χ4n) is 2.54. The highest BCUT2D eigenvalue weighted by Gasteiger charge is 2.23. The molecule has 1 saturated heterocycles. The molecule has 0 aromatic carbocycles. The van der Waals surface area contributed by atoms with Gasteiger partial charge in [-0.3, -0.25) is 4.79 Å². The second-order valence-corrected chi connectivity index (χ2v) is 5.63. The SMILES string of the molecule is Cl.Cl.O=C(CNCC1CC1)N1CCN(c2ccccn2)CC1. The maximum atomic E-state index is 12.1. The number of pyridine rings is 1. The van der Waals surface area contributed by atoms with Crippen molar-refractivity contribution < 1.29 is 4.79 Å². The number of nitrogens with one attached hydrogen (secondary N) is 1. The second-order valence-electron chi connectivity index (χ2n) is 5.63. The van der Waals surface area contributed by atoms with Crippen molar-refractivity contribution in [2.24, 2.45) is 5.92 Å². The van der Waals surface area contributed by atoms with Crippen LogP contribution in [-0.2, 0) is 4.79 Å². The van der Waals surface area contributed by atoms with Crippen molar-refractivity contribution >= 4 is 36.5 Å². The number of carbonyl (C=O) groups excluding carboxylic acids is 1. The van der Waals surface area contributed by atoms with Gasteiger partial charge < -0.3 is 15.1 Å². The highest BCUT2D eigenvalue weighted by Crippen LogP contribution is 2.27. The maximum Gasteiger partial charge on any atom is 0.236 e. The van der Waals surface area contributed by atoms with Crippen LogP contribution in [0.4, 0.5) is 5.82 Å². The first-order valence-corrected chi connectivity index (χ1v) is 7.47. The summed E-state index contributed by atoms with van der Waals surface area (Å²) in [7, 11) is 0. The number of aromatic nitrogens is 1. The van der Waals surface area contributed by atoms with Crippen LogP contribution in [0.3, 0.4) is 0 Å². The van der Waals surface area contributed by atoms with Crippen LogP contribution in [0.15, 0.2) is 24.4 Å². The Hall–Kier alpha value is -1.04. The molecule has 0 unspecified atom stereocenters. The molecule has 7 heteroatoms. The standard InChI is InChI=1S/C15H22N4O.2ClH/c20-15(12-16-11-13-4-5-13)19-9-7-18(8-10-19)14-3-1-2-6-17-14;;/h1-3,6,13,16H,4-5,7-12H2;2*1H. The summed E-state index contributed by atoms with van der Waals surface area (Å²) in [6.45, 7) is 4.80. The van der Waals surface area contributed by atoms with E-state index in [4.69, 9.17) is 0 Å². The summed E-state index contributed by atoms with van der Waals surface area (Å²) < 4.78 is 0. The number of piperazine rings is 1. The van der Waals surface area contributed by atoms with E-state index in [-0.39, 0.29) is 30.7 Å². The van der Waals surface area contributed by atoms with E-state index in [1.165, 1.54) is 12.8 Å². The number of hydrogen-bond donors (Lipinski definition) is 1. The summed E-state index contributed by atoms with van der Waals surface area (Å²) in [5.41, 5.74) is 0. The number of nitrogens with zero attached hydrogens (tertiary/aromatic N) is 3. The van der Waals surface area contributed by atoms with Crippen LogP contribution >= 0.6 is 24.8 Å². The van der Waals surface area contributed by atoms with Crippen molar-refractivity contribution in [2.45, 2.75) is 12.8 Å². The van der Waals surface area contributed by atoms with Gasteiger partial charge in [-0.05, 0) is 37.4 Å². The molecule has 1 aromatic heterocycles. The van der Waals surface area contributed by atoms with Gasteiger partial charge in [0.2, 0.25) is 5.91 Å². The largest absolute Gasteiger partial charge is 0.353 e. The third-order valence-corrected chi connectivity index (χ3v) is 4.01. The topological polar surface area (TPSA) is 48.5 Å². The molecule has 2 fully saturated rings. The number of rotatable bonds is 5. The monoisotopic (exact) mass is 346 g/mol. The van der Waals surface area contributed by atoms with Crippen molar-refractivity contribution in [3.05, 3.63) is 24.4 Å². The predicted octanol–water partition coefficient (Wildman–Crippen LogP) is 1.57. The summed E-state index contributed by atoms with van der Waals surface area (Å²) in [4.78, 5) is 20.6. The van der Waals surface area contributed by atoms with E-state index in [2.05, 4.69) is 15.2 Å². The number of carbonyl (C=O) groups is 1. The van der Waals surface area contributed by atoms with E-state index in [1.54, 1.807) is 0 Å².